The number of nitrogens with zero attached hydrogens (tertiary/aromatic N) is 1. The summed E-state index contributed by atoms with van der Waals surface area (Å²) < 4.78 is 0.762. The third kappa shape index (κ3) is 3.95. The van der Waals surface area contributed by atoms with Gasteiger partial charge in [-0.05, 0) is 30.7 Å². The number of hydrogen-bond acceptors (Lipinski definition) is 2. The van der Waals surface area contributed by atoms with E-state index >= 15 is 0 Å². The van der Waals surface area contributed by atoms with Gasteiger partial charge >= 0.3 is 0 Å². The molecule has 2 aromatic rings. The third-order valence-electron chi connectivity index (χ3n) is 2.89. The summed E-state index contributed by atoms with van der Waals surface area (Å²) in [7, 11) is 0. The lowest BCUT2D eigenvalue weighted by Gasteiger charge is -2.21. The third-order valence-corrected chi connectivity index (χ3v) is 4.19. The van der Waals surface area contributed by atoms with Crippen molar-refractivity contribution in [1.29, 1.82) is 0 Å². The summed E-state index contributed by atoms with van der Waals surface area (Å²) in [6.07, 6.45) is 2.93. The average Bonchev–Trinajstić information content (AvgIpc) is 2.89. The number of amides is 1. The number of carbonyl (C=O) groups is 1. The zero-order chi connectivity index (χ0) is 14.4. The van der Waals surface area contributed by atoms with Crippen molar-refractivity contribution in [2.24, 2.45) is 0 Å². The van der Waals surface area contributed by atoms with Crippen molar-refractivity contribution in [2.75, 3.05) is 11.4 Å². The van der Waals surface area contributed by atoms with Crippen LogP contribution >= 0.6 is 22.9 Å². The Kier molecular flexibility index (Phi) is 5.39. The monoisotopic (exact) mass is 305 g/mol. The Balaban J connectivity index is 2.02. The first kappa shape index (κ1) is 14.8. The molecule has 0 aliphatic rings. The van der Waals surface area contributed by atoms with E-state index in [0.717, 1.165) is 21.3 Å². The number of rotatable bonds is 6. The van der Waals surface area contributed by atoms with Crippen molar-refractivity contribution < 1.29 is 4.79 Å². The zero-order valence-corrected chi connectivity index (χ0v) is 12.7. The maximum atomic E-state index is 12.4. The van der Waals surface area contributed by atoms with Crippen molar-refractivity contribution in [3.63, 3.8) is 0 Å². The fourth-order valence-electron chi connectivity index (χ4n) is 1.94. The van der Waals surface area contributed by atoms with Gasteiger partial charge in [0.05, 0.1) is 4.34 Å². The van der Waals surface area contributed by atoms with Crippen molar-refractivity contribution in [3.8, 4) is 0 Å². The summed E-state index contributed by atoms with van der Waals surface area (Å²) in [5.74, 6) is 0.0978. The molecule has 1 heterocycles. The summed E-state index contributed by atoms with van der Waals surface area (Å²) in [5.41, 5.74) is 0.904. The van der Waals surface area contributed by atoms with Crippen LogP contribution in [-0.4, -0.2) is 12.5 Å². The van der Waals surface area contributed by atoms with Crippen LogP contribution in [0, 0.1) is 0 Å². The fourth-order valence-corrected chi connectivity index (χ4v) is 3.03. The lowest BCUT2D eigenvalue weighted by Crippen LogP contribution is -2.31. The van der Waals surface area contributed by atoms with Crippen LogP contribution in [0.2, 0.25) is 4.34 Å². The molecule has 0 saturated carbocycles. The van der Waals surface area contributed by atoms with E-state index < -0.39 is 0 Å². The molecule has 0 aliphatic heterocycles. The van der Waals surface area contributed by atoms with Gasteiger partial charge in [-0.15, -0.1) is 17.9 Å². The summed E-state index contributed by atoms with van der Waals surface area (Å²) >= 11 is 7.42. The lowest BCUT2D eigenvalue weighted by atomic mass is 10.2. The predicted molar refractivity (Wildman–Crippen MR) is 86.6 cm³/mol. The Morgan fingerprint density at radius 2 is 2.00 bits per heavy atom. The summed E-state index contributed by atoms with van der Waals surface area (Å²) in [6.45, 7) is 4.24. The number of anilines is 1. The molecule has 104 valence electrons. The smallest absolute Gasteiger partial charge is 0.227 e. The molecule has 0 fully saturated rings. The molecule has 0 bridgehead atoms. The van der Waals surface area contributed by atoms with Gasteiger partial charge in [0.15, 0.2) is 0 Å². The number of halogens is 1. The maximum absolute atomic E-state index is 12.4. The zero-order valence-electron chi connectivity index (χ0n) is 11.1. The number of aryl methyl sites for hydroxylation is 1. The first-order valence-corrected chi connectivity index (χ1v) is 7.60. The highest BCUT2D eigenvalue weighted by atomic mass is 35.5. The van der Waals surface area contributed by atoms with Gasteiger partial charge in [0.25, 0.3) is 0 Å². The first-order chi connectivity index (χ1) is 9.70. The van der Waals surface area contributed by atoms with Gasteiger partial charge in [-0.1, -0.05) is 35.9 Å². The quantitative estimate of drug-likeness (QED) is 0.717. The van der Waals surface area contributed by atoms with E-state index in [4.69, 9.17) is 11.6 Å². The van der Waals surface area contributed by atoms with E-state index in [-0.39, 0.29) is 5.91 Å². The van der Waals surface area contributed by atoms with E-state index in [2.05, 4.69) is 6.58 Å². The van der Waals surface area contributed by atoms with Gasteiger partial charge < -0.3 is 4.90 Å². The van der Waals surface area contributed by atoms with Gasteiger partial charge in [0, 0.05) is 23.5 Å². The maximum Gasteiger partial charge on any atom is 0.227 e. The van der Waals surface area contributed by atoms with Gasteiger partial charge in [0.1, 0.15) is 0 Å². The Bertz CT molecular complexity index is 579. The Morgan fingerprint density at radius 3 is 2.60 bits per heavy atom. The number of benzene rings is 1. The minimum absolute atomic E-state index is 0.0978. The summed E-state index contributed by atoms with van der Waals surface area (Å²) in [6, 6.07) is 13.5. The van der Waals surface area contributed by atoms with Crippen LogP contribution in [0.5, 0.6) is 0 Å². The van der Waals surface area contributed by atoms with Gasteiger partial charge in [0.2, 0.25) is 5.91 Å². The van der Waals surface area contributed by atoms with Crippen molar-refractivity contribution in [3.05, 3.63) is 64.3 Å². The van der Waals surface area contributed by atoms with E-state index in [9.17, 15) is 4.79 Å². The molecule has 0 spiro atoms. The molecule has 0 atom stereocenters. The van der Waals surface area contributed by atoms with Gasteiger partial charge in [-0.3, -0.25) is 4.79 Å². The summed E-state index contributed by atoms with van der Waals surface area (Å²) in [4.78, 5) is 15.2. The highest BCUT2D eigenvalue weighted by Crippen LogP contribution is 2.23. The Hall–Kier alpha value is -1.58. The number of carbonyl (C=O) groups excluding carboxylic acids is 1. The second kappa shape index (κ2) is 7.27. The second-order valence-electron chi connectivity index (χ2n) is 4.33. The van der Waals surface area contributed by atoms with Crippen LogP contribution in [-0.2, 0) is 11.2 Å². The SMILES string of the molecule is C=CCN(C(=O)CCc1ccc(Cl)s1)c1ccccc1. The molecule has 4 heteroatoms. The van der Waals surface area contributed by atoms with Crippen LogP contribution in [0.15, 0.2) is 55.1 Å². The first-order valence-electron chi connectivity index (χ1n) is 6.41. The normalized spacial score (nSPS) is 10.2. The predicted octanol–water partition coefficient (Wildman–Crippen LogP) is 4.55. The topological polar surface area (TPSA) is 20.3 Å². The van der Waals surface area contributed by atoms with Crippen molar-refractivity contribution in [2.45, 2.75) is 12.8 Å². The van der Waals surface area contributed by atoms with Crippen molar-refractivity contribution >= 4 is 34.5 Å². The Labute approximate surface area is 128 Å². The van der Waals surface area contributed by atoms with E-state index in [0.29, 0.717) is 13.0 Å². The van der Waals surface area contributed by atoms with Crippen LogP contribution in [0.1, 0.15) is 11.3 Å². The molecule has 0 aliphatic carbocycles. The summed E-state index contributed by atoms with van der Waals surface area (Å²) in [5, 5.41) is 0. The molecule has 0 saturated heterocycles. The minimum Gasteiger partial charge on any atom is -0.309 e. The molecule has 0 unspecified atom stereocenters. The fraction of sp³-hybridized carbons (Fsp3) is 0.188. The Morgan fingerprint density at radius 1 is 1.25 bits per heavy atom. The lowest BCUT2D eigenvalue weighted by molar-refractivity contribution is -0.118. The van der Waals surface area contributed by atoms with E-state index in [1.807, 2.05) is 42.5 Å². The van der Waals surface area contributed by atoms with E-state index in [1.54, 1.807) is 11.0 Å². The average molecular weight is 306 g/mol. The van der Waals surface area contributed by atoms with Crippen molar-refractivity contribution in [1.82, 2.24) is 0 Å². The largest absolute Gasteiger partial charge is 0.309 e. The van der Waals surface area contributed by atoms with Crippen LogP contribution in [0.25, 0.3) is 0 Å². The molecule has 1 aromatic heterocycles. The molecular formula is C16H16ClNOS. The van der Waals surface area contributed by atoms with Crippen LogP contribution in [0.4, 0.5) is 5.69 Å². The number of hydrogen-bond donors (Lipinski definition) is 0. The highest BCUT2D eigenvalue weighted by Gasteiger charge is 2.14. The van der Waals surface area contributed by atoms with Gasteiger partial charge in [-0.2, -0.15) is 0 Å². The molecule has 0 N–H and O–H groups in total. The van der Waals surface area contributed by atoms with Crippen LogP contribution < -0.4 is 4.90 Å². The van der Waals surface area contributed by atoms with E-state index in [1.165, 1.54) is 11.3 Å². The number of para-hydroxylation sites is 1. The highest BCUT2D eigenvalue weighted by molar-refractivity contribution is 7.16. The standard InChI is InChI=1S/C16H16ClNOS/c1-2-12-18(13-6-4-3-5-7-13)16(19)11-9-14-8-10-15(17)20-14/h2-8,10H,1,9,11-12H2. The molecule has 0 radical (unpaired) electrons. The second-order valence-corrected chi connectivity index (χ2v) is 6.13. The molecule has 1 amide bonds. The molecule has 1 aromatic carbocycles. The molecular weight excluding hydrogens is 290 g/mol. The molecule has 20 heavy (non-hydrogen) atoms. The molecule has 2 rings (SSSR count). The number of thiophene rings is 1. The minimum atomic E-state index is 0.0978. The van der Waals surface area contributed by atoms with Gasteiger partial charge in [-0.25, -0.2) is 0 Å². The molecule has 2 nitrogen and oxygen atoms in total. The van der Waals surface area contributed by atoms with Crippen LogP contribution in [0.3, 0.4) is 0 Å².